The molecule has 1 atom stereocenters. The second-order valence-electron chi connectivity index (χ2n) is 7.86. The molecule has 1 aliphatic rings. The molecule has 1 saturated heterocycles. The van der Waals surface area contributed by atoms with E-state index in [4.69, 9.17) is 9.72 Å². The van der Waals surface area contributed by atoms with E-state index >= 15 is 0 Å². The van der Waals surface area contributed by atoms with Crippen molar-refractivity contribution in [1.29, 1.82) is 0 Å². The topological polar surface area (TPSA) is 101 Å². The van der Waals surface area contributed by atoms with Crippen LogP contribution in [0.15, 0.2) is 67.0 Å². The third-order valence-electron chi connectivity index (χ3n) is 5.40. The molecule has 3 heterocycles. The fourth-order valence-electron chi connectivity index (χ4n) is 3.87. The van der Waals surface area contributed by atoms with E-state index in [1.807, 2.05) is 54.6 Å². The van der Waals surface area contributed by atoms with Gasteiger partial charge in [-0.2, -0.15) is 0 Å². The van der Waals surface area contributed by atoms with Crippen molar-refractivity contribution in [2.45, 2.75) is 13.0 Å². The van der Waals surface area contributed by atoms with Gasteiger partial charge in [0.1, 0.15) is 6.10 Å². The molecule has 3 N–H and O–H groups in total. The van der Waals surface area contributed by atoms with E-state index in [1.54, 1.807) is 12.4 Å². The molecule has 5 rings (SSSR count). The SMILES string of the molecule is CC(=O)Nc1cccc(-c2cccc3cnc(Nc4ccc(C5CNCCO5)nc4)nc23)c1. The van der Waals surface area contributed by atoms with Gasteiger partial charge < -0.3 is 20.7 Å². The van der Waals surface area contributed by atoms with Crippen LogP contribution in [0.4, 0.5) is 17.3 Å². The molecule has 8 nitrogen and oxygen atoms in total. The Morgan fingerprint density at radius 1 is 1.06 bits per heavy atom. The molecular weight excluding hydrogens is 416 g/mol. The first-order valence-corrected chi connectivity index (χ1v) is 10.8. The number of rotatable bonds is 5. The Balaban J connectivity index is 1.42. The van der Waals surface area contributed by atoms with E-state index in [9.17, 15) is 4.79 Å². The predicted octanol–water partition coefficient (Wildman–Crippen LogP) is 4.05. The number of aromatic nitrogens is 3. The Morgan fingerprint density at radius 2 is 1.97 bits per heavy atom. The van der Waals surface area contributed by atoms with E-state index in [1.165, 1.54) is 6.92 Å². The van der Waals surface area contributed by atoms with Gasteiger partial charge >= 0.3 is 0 Å². The van der Waals surface area contributed by atoms with Gasteiger partial charge in [-0.05, 0) is 29.8 Å². The van der Waals surface area contributed by atoms with Crippen molar-refractivity contribution in [3.63, 3.8) is 0 Å². The van der Waals surface area contributed by atoms with Crippen LogP contribution in [0.1, 0.15) is 18.7 Å². The summed E-state index contributed by atoms with van der Waals surface area (Å²) in [5.74, 6) is 0.378. The number of fused-ring (bicyclic) bond motifs is 1. The Bertz CT molecular complexity index is 1290. The van der Waals surface area contributed by atoms with Crippen LogP contribution in [0.5, 0.6) is 0 Å². The first-order valence-electron chi connectivity index (χ1n) is 10.8. The highest BCUT2D eigenvalue weighted by Crippen LogP contribution is 2.30. The highest BCUT2D eigenvalue weighted by Gasteiger charge is 2.16. The maximum absolute atomic E-state index is 11.4. The molecule has 166 valence electrons. The van der Waals surface area contributed by atoms with Crippen LogP contribution < -0.4 is 16.0 Å². The van der Waals surface area contributed by atoms with Crippen molar-refractivity contribution in [3.8, 4) is 11.1 Å². The lowest BCUT2D eigenvalue weighted by atomic mass is 10.0. The Kier molecular flexibility index (Phi) is 5.93. The van der Waals surface area contributed by atoms with Gasteiger partial charge in [0.25, 0.3) is 0 Å². The normalized spacial score (nSPS) is 15.8. The number of carbonyl (C=O) groups is 1. The van der Waals surface area contributed by atoms with Gasteiger partial charge in [0.15, 0.2) is 0 Å². The van der Waals surface area contributed by atoms with Crippen molar-refractivity contribution in [3.05, 3.63) is 72.7 Å². The van der Waals surface area contributed by atoms with Crippen LogP contribution in [-0.2, 0) is 9.53 Å². The van der Waals surface area contributed by atoms with Gasteiger partial charge in [0.2, 0.25) is 11.9 Å². The van der Waals surface area contributed by atoms with Crippen LogP contribution in [0.2, 0.25) is 0 Å². The second kappa shape index (κ2) is 9.32. The minimum Gasteiger partial charge on any atom is -0.369 e. The number of amides is 1. The number of ether oxygens (including phenoxy) is 1. The Hall–Kier alpha value is -3.88. The summed E-state index contributed by atoms with van der Waals surface area (Å²) >= 11 is 0. The zero-order valence-corrected chi connectivity index (χ0v) is 18.2. The number of hydrogen-bond donors (Lipinski definition) is 3. The molecule has 0 radical (unpaired) electrons. The molecule has 4 aromatic rings. The molecule has 1 fully saturated rings. The fourth-order valence-corrected chi connectivity index (χ4v) is 3.87. The molecule has 8 heteroatoms. The van der Waals surface area contributed by atoms with Gasteiger partial charge in [0.05, 0.1) is 29.7 Å². The van der Waals surface area contributed by atoms with Crippen LogP contribution in [0.25, 0.3) is 22.0 Å². The summed E-state index contributed by atoms with van der Waals surface area (Å²) in [6.45, 7) is 3.82. The maximum atomic E-state index is 11.4. The molecule has 1 amide bonds. The third kappa shape index (κ3) is 4.82. The molecule has 1 aliphatic heterocycles. The highest BCUT2D eigenvalue weighted by atomic mass is 16.5. The lowest BCUT2D eigenvalue weighted by Crippen LogP contribution is -2.33. The highest BCUT2D eigenvalue weighted by molar-refractivity contribution is 5.95. The molecule has 2 aromatic carbocycles. The third-order valence-corrected chi connectivity index (χ3v) is 5.40. The number of morpholine rings is 1. The number of hydrogen-bond acceptors (Lipinski definition) is 7. The van der Waals surface area contributed by atoms with Gasteiger partial charge in [0, 0.05) is 42.8 Å². The molecule has 1 unspecified atom stereocenters. The van der Waals surface area contributed by atoms with Crippen molar-refractivity contribution in [1.82, 2.24) is 20.3 Å². The number of pyridine rings is 1. The lowest BCUT2D eigenvalue weighted by Gasteiger charge is -2.23. The van der Waals surface area contributed by atoms with Crippen molar-refractivity contribution in [2.24, 2.45) is 0 Å². The summed E-state index contributed by atoms with van der Waals surface area (Å²) in [5, 5.41) is 10.3. The fraction of sp³-hybridized carbons (Fsp3) is 0.200. The lowest BCUT2D eigenvalue weighted by molar-refractivity contribution is -0.114. The number of nitrogens with one attached hydrogen (secondary N) is 3. The zero-order valence-electron chi connectivity index (χ0n) is 18.2. The van der Waals surface area contributed by atoms with Crippen molar-refractivity contribution in [2.75, 3.05) is 30.3 Å². The molecule has 33 heavy (non-hydrogen) atoms. The summed E-state index contributed by atoms with van der Waals surface area (Å²) in [6.07, 6.45) is 3.54. The smallest absolute Gasteiger partial charge is 0.227 e. The number of benzene rings is 2. The largest absolute Gasteiger partial charge is 0.369 e. The molecule has 0 spiro atoms. The average Bonchev–Trinajstić information content (AvgIpc) is 2.84. The summed E-state index contributed by atoms with van der Waals surface area (Å²) in [4.78, 5) is 25.2. The van der Waals surface area contributed by atoms with Crippen LogP contribution in [-0.4, -0.2) is 40.6 Å². The summed E-state index contributed by atoms with van der Waals surface area (Å²) < 4.78 is 5.76. The maximum Gasteiger partial charge on any atom is 0.227 e. The van der Waals surface area contributed by atoms with E-state index in [0.717, 1.165) is 52.2 Å². The van der Waals surface area contributed by atoms with Crippen LogP contribution in [0.3, 0.4) is 0 Å². The van der Waals surface area contributed by atoms with Crippen molar-refractivity contribution < 1.29 is 9.53 Å². The van der Waals surface area contributed by atoms with E-state index < -0.39 is 0 Å². The van der Waals surface area contributed by atoms with Crippen LogP contribution in [0, 0.1) is 0 Å². The number of para-hydroxylation sites is 1. The first kappa shape index (κ1) is 21.0. The van der Waals surface area contributed by atoms with Gasteiger partial charge in [-0.25, -0.2) is 9.97 Å². The van der Waals surface area contributed by atoms with E-state index in [2.05, 4.69) is 25.9 Å². The number of carbonyl (C=O) groups excluding carboxylic acids is 1. The Morgan fingerprint density at radius 3 is 2.76 bits per heavy atom. The summed E-state index contributed by atoms with van der Waals surface area (Å²) in [7, 11) is 0. The zero-order chi connectivity index (χ0) is 22.6. The molecular formula is C25H24N6O2. The standard InChI is InChI=1S/C25H24N6O2/c1-16(32)29-19-6-2-4-17(12-19)21-7-3-5-18-13-28-25(31-24(18)21)30-20-8-9-22(27-14-20)23-15-26-10-11-33-23/h2-9,12-14,23,26H,10-11,15H2,1H3,(H,29,32)(H,28,30,31). The van der Waals surface area contributed by atoms with Crippen molar-refractivity contribution >= 4 is 34.1 Å². The number of anilines is 3. The quantitative estimate of drug-likeness (QED) is 0.430. The predicted molar refractivity (Wildman–Crippen MR) is 128 cm³/mol. The second-order valence-corrected chi connectivity index (χ2v) is 7.86. The Labute approximate surface area is 191 Å². The first-order chi connectivity index (χ1) is 16.2. The van der Waals surface area contributed by atoms with Gasteiger partial charge in [-0.15, -0.1) is 0 Å². The van der Waals surface area contributed by atoms with E-state index in [0.29, 0.717) is 12.6 Å². The summed E-state index contributed by atoms with van der Waals surface area (Å²) in [5.41, 5.74) is 5.18. The number of nitrogens with zero attached hydrogens (tertiary/aromatic N) is 3. The van der Waals surface area contributed by atoms with Gasteiger partial charge in [-0.1, -0.05) is 30.3 Å². The summed E-state index contributed by atoms with van der Waals surface area (Å²) in [6, 6.07) is 17.6. The monoisotopic (exact) mass is 440 g/mol. The van der Waals surface area contributed by atoms with Gasteiger partial charge in [-0.3, -0.25) is 9.78 Å². The molecule has 0 saturated carbocycles. The van der Waals surface area contributed by atoms with E-state index in [-0.39, 0.29) is 12.0 Å². The molecule has 0 bridgehead atoms. The molecule has 2 aromatic heterocycles. The minimum absolute atomic E-state index is 0.0273. The van der Waals surface area contributed by atoms with Crippen LogP contribution >= 0.6 is 0 Å². The molecule has 0 aliphatic carbocycles. The minimum atomic E-state index is -0.107. The average molecular weight is 441 g/mol.